The third kappa shape index (κ3) is 2.15. The van der Waals surface area contributed by atoms with Gasteiger partial charge in [-0.3, -0.25) is 0 Å². The summed E-state index contributed by atoms with van der Waals surface area (Å²) in [5.74, 6) is 0.327. The van der Waals surface area contributed by atoms with Gasteiger partial charge >= 0.3 is 6.18 Å². The molecule has 1 heterocycles. The van der Waals surface area contributed by atoms with Crippen LogP contribution in [0.25, 0.3) is 0 Å². The second-order valence-corrected chi connectivity index (χ2v) is 4.62. The number of halogens is 3. The first kappa shape index (κ1) is 16.4. The van der Waals surface area contributed by atoms with Crippen molar-refractivity contribution >= 4 is 5.69 Å². The summed E-state index contributed by atoms with van der Waals surface area (Å²) < 4.78 is 40.4. The van der Waals surface area contributed by atoms with Crippen molar-refractivity contribution in [3.63, 3.8) is 0 Å². The van der Waals surface area contributed by atoms with E-state index in [2.05, 4.69) is 6.58 Å². The van der Waals surface area contributed by atoms with E-state index in [-0.39, 0.29) is 5.56 Å². The average Bonchev–Trinajstić information content (AvgIpc) is 2.43. The molecule has 0 fully saturated rings. The molecular formula is C15H21F3N2. The quantitative estimate of drug-likeness (QED) is 0.700. The number of benzene rings is 1. The molecule has 112 valence electrons. The summed E-state index contributed by atoms with van der Waals surface area (Å²) in [7, 11) is 3.13. The molecule has 0 radical (unpaired) electrons. The molecule has 0 saturated carbocycles. The minimum Gasteiger partial charge on any atom is -0.344 e. The van der Waals surface area contributed by atoms with Crippen LogP contribution in [0.1, 0.15) is 26.3 Å². The topological polar surface area (TPSA) is 6.48 Å². The van der Waals surface area contributed by atoms with Crippen molar-refractivity contribution in [1.29, 1.82) is 0 Å². The van der Waals surface area contributed by atoms with Gasteiger partial charge in [0.25, 0.3) is 0 Å². The van der Waals surface area contributed by atoms with Crippen LogP contribution < -0.4 is 4.90 Å². The Kier molecular flexibility index (Phi) is 4.42. The summed E-state index contributed by atoms with van der Waals surface area (Å²) in [5, 5.41) is 0. The van der Waals surface area contributed by atoms with Gasteiger partial charge in [0.2, 0.25) is 0 Å². The highest BCUT2D eigenvalue weighted by atomic mass is 19.4. The van der Waals surface area contributed by atoms with Gasteiger partial charge in [0, 0.05) is 25.3 Å². The number of hydrogen-bond donors (Lipinski definition) is 0. The Labute approximate surface area is 118 Å². The Balaban J connectivity index is 0.000000956. The highest BCUT2D eigenvalue weighted by molar-refractivity contribution is 5.62. The van der Waals surface area contributed by atoms with E-state index in [0.717, 1.165) is 0 Å². The van der Waals surface area contributed by atoms with Crippen LogP contribution in [0.3, 0.4) is 0 Å². The van der Waals surface area contributed by atoms with E-state index in [1.807, 2.05) is 13.8 Å². The van der Waals surface area contributed by atoms with Crippen LogP contribution in [0.4, 0.5) is 18.9 Å². The zero-order valence-corrected chi connectivity index (χ0v) is 12.5. The van der Waals surface area contributed by atoms with E-state index in [1.165, 1.54) is 24.9 Å². The molecule has 1 aliphatic heterocycles. The highest BCUT2D eigenvalue weighted by Crippen LogP contribution is 2.50. The van der Waals surface area contributed by atoms with Crippen LogP contribution >= 0.6 is 0 Å². The molecule has 5 heteroatoms. The lowest BCUT2D eigenvalue weighted by atomic mass is 9.86. The molecule has 20 heavy (non-hydrogen) atoms. The lowest BCUT2D eigenvalue weighted by Gasteiger charge is -2.50. The molecule has 0 N–H and O–H groups in total. The number of rotatable bonds is 0. The van der Waals surface area contributed by atoms with Crippen LogP contribution in [-0.4, -0.2) is 25.2 Å². The van der Waals surface area contributed by atoms with Gasteiger partial charge < -0.3 is 9.80 Å². The fourth-order valence-electron chi connectivity index (χ4n) is 2.32. The average molecular weight is 286 g/mol. The van der Waals surface area contributed by atoms with Gasteiger partial charge in [0.1, 0.15) is 5.82 Å². The van der Waals surface area contributed by atoms with E-state index in [1.54, 1.807) is 30.1 Å². The molecule has 1 aromatic carbocycles. The van der Waals surface area contributed by atoms with Gasteiger partial charge in [0.05, 0.1) is 0 Å². The second-order valence-electron chi connectivity index (χ2n) is 4.62. The van der Waals surface area contributed by atoms with E-state index in [9.17, 15) is 13.2 Å². The normalized spacial score (nSPS) is 22.1. The van der Waals surface area contributed by atoms with Gasteiger partial charge in [-0.15, -0.1) is 0 Å². The summed E-state index contributed by atoms with van der Waals surface area (Å²) in [4.78, 5) is 2.85. The van der Waals surface area contributed by atoms with Crippen molar-refractivity contribution in [2.45, 2.75) is 32.5 Å². The molecule has 2 rings (SSSR count). The summed E-state index contributed by atoms with van der Waals surface area (Å²) in [6.07, 6.45) is -4.37. The zero-order chi connectivity index (χ0) is 15.7. The molecule has 2 nitrogen and oxygen atoms in total. The molecule has 0 unspecified atom stereocenters. The van der Waals surface area contributed by atoms with E-state index in [4.69, 9.17) is 0 Å². The van der Waals surface area contributed by atoms with E-state index < -0.39 is 11.7 Å². The lowest BCUT2D eigenvalue weighted by molar-refractivity contribution is -0.223. The first-order valence-corrected chi connectivity index (χ1v) is 6.54. The Morgan fingerprint density at radius 2 is 1.60 bits per heavy atom. The monoisotopic (exact) mass is 286 g/mol. The van der Waals surface area contributed by atoms with Crippen molar-refractivity contribution in [3.8, 4) is 0 Å². The fourth-order valence-corrected chi connectivity index (χ4v) is 2.32. The van der Waals surface area contributed by atoms with Gasteiger partial charge in [-0.2, -0.15) is 13.2 Å². The Morgan fingerprint density at radius 3 is 2.10 bits per heavy atom. The summed E-state index contributed by atoms with van der Waals surface area (Å²) in [6.45, 7) is 8.92. The first-order valence-electron chi connectivity index (χ1n) is 6.54. The molecule has 1 atom stereocenters. The Bertz CT molecular complexity index is 496. The number of para-hydroxylation sites is 1. The minimum absolute atomic E-state index is 0.245. The summed E-state index contributed by atoms with van der Waals surface area (Å²) in [6, 6.07) is 6.54. The first-order chi connectivity index (χ1) is 9.21. The van der Waals surface area contributed by atoms with E-state index >= 15 is 0 Å². The number of anilines is 1. The minimum atomic E-state index is -4.37. The van der Waals surface area contributed by atoms with Crippen molar-refractivity contribution in [2.75, 3.05) is 19.0 Å². The lowest BCUT2D eigenvalue weighted by Crippen LogP contribution is -2.57. The molecule has 1 aromatic rings. The SMILES string of the molecule is C=C1N(C)c2ccccc2[C@@](C)(C(F)(F)F)N1C.CC. The van der Waals surface area contributed by atoms with Gasteiger partial charge in [-0.05, 0) is 13.0 Å². The predicted molar refractivity (Wildman–Crippen MR) is 76.5 cm³/mol. The van der Waals surface area contributed by atoms with Crippen molar-refractivity contribution in [2.24, 2.45) is 0 Å². The molecule has 0 aromatic heterocycles. The molecule has 0 spiro atoms. The number of fused-ring (bicyclic) bond motifs is 1. The van der Waals surface area contributed by atoms with Crippen LogP contribution in [-0.2, 0) is 5.54 Å². The van der Waals surface area contributed by atoms with Gasteiger partial charge in [-0.1, -0.05) is 38.6 Å². The molecule has 1 aliphatic rings. The third-order valence-electron chi connectivity index (χ3n) is 3.79. The number of nitrogens with zero attached hydrogens (tertiary/aromatic N) is 2. The maximum atomic E-state index is 13.5. The third-order valence-corrected chi connectivity index (χ3v) is 3.79. The van der Waals surface area contributed by atoms with Crippen molar-refractivity contribution in [3.05, 3.63) is 42.2 Å². The Morgan fingerprint density at radius 1 is 1.10 bits per heavy atom. The van der Waals surface area contributed by atoms with Crippen LogP contribution in [0.15, 0.2) is 36.7 Å². The maximum absolute atomic E-state index is 13.5. The summed E-state index contributed by atoms with van der Waals surface area (Å²) >= 11 is 0. The molecule has 0 bridgehead atoms. The molecule has 0 aliphatic carbocycles. The standard InChI is InChI=1S/C13H15F3N2.C2H6/c1-9-17(3)11-8-6-5-7-10(11)12(2,18(9)4)13(14,15)16;1-2/h5-8H,1H2,2-4H3;1-2H3/t12-;/m0./s1. The fraction of sp³-hybridized carbons (Fsp3) is 0.467. The Hall–Kier alpha value is -1.65. The maximum Gasteiger partial charge on any atom is 0.415 e. The number of alkyl halides is 3. The van der Waals surface area contributed by atoms with Crippen molar-refractivity contribution in [1.82, 2.24) is 4.90 Å². The van der Waals surface area contributed by atoms with Gasteiger partial charge in [0.15, 0.2) is 5.54 Å². The molecule has 0 saturated heterocycles. The molecule has 0 amide bonds. The van der Waals surface area contributed by atoms with Crippen LogP contribution in [0, 0.1) is 0 Å². The smallest absolute Gasteiger partial charge is 0.344 e. The van der Waals surface area contributed by atoms with E-state index in [0.29, 0.717) is 11.5 Å². The van der Waals surface area contributed by atoms with Crippen LogP contribution in [0.5, 0.6) is 0 Å². The molecular weight excluding hydrogens is 265 g/mol. The number of hydrogen-bond acceptors (Lipinski definition) is 2. The zero-order valence-electron chi connectivity index (χ0n) is 12.5. The second kappa shape index (κ2) is 5.38. The summed E-state index contributed by atoms with van der Waals surface area (Å²) in [5.41, 5.74) is -1.26. The van der Waals surface area contributed by atoms with Crippen molar-refractivity contribution < 1.29 is 13.2 Å². The predicted octanol–water partition coefficient (Wildman–Crippen LogP) is 4.34. The van der Waals surface area contributed by atoms with Crippen LogP contribution in [0.2, 0.25) is 0 Å². The highest BCUT2D eigenvalue weighted by Gasteiger charge is 2.58. The van der Waals surface area contributed by atoms with Gasteiger partial charge in [-0.25, -0.2) is 0 Å². The largest absolute Gasteiger partial charge is 0.415 e.